The topological polar surface area (TPSA) is 52.5 Å². The number of hydrogen-bond acceptors (Lipinski definition) is 6. The lowest BCUT2D eigenvalue weighted by Gasteiger charge is -2.15. The van der Waals surface area contributed by atoms with Gasteiger partial charge in [0.05, 0.1) is 16.8 Å². The van der Waals surface area contributed by atoms with Crippen LogP contribution in [0.1, 0.15) is 0 Å². The van der Waals surface area contributed by atoms with E-state index in [1.165, 1.54) is 4.70 Å². The molecular weight excluding hydrogens is 258 g/mol. The number of aliphatic imine (C=N–C) groups is 1. The van der Waals surface area contributed by atoms with Crippen LogP contribution in [0.25, 0.3) is 10.2 Å². The van der Waals surface area contributed by atoms with Gasteiger partial charge in [-0.1, -0.05) is 23.5 Å². The van der Waals surface area contributed by atoms with E-state index < -0.39 is 0 Å². The molecule has 0 atom stereocenters. The van der Waals surface area contributed by atoms with Crippen LogP contribution in [0.4, 0.5) is 5.13 Å². The third-order valence-electron chi connectivity index (χ3n) is 3.04. The number of fused-ring (bicyclic) bond motifs is 1. The number of anilines is 1. The number of likely N-dealkylation sites (N-methyl/N-ethyl adjacent to an activating group) is 1. The molecule has 0 bridgehead atoms. The molecule has 2 aromatic rings. The number of rotatable bonds is 4. The second-order valence-corrected chi connectivity index (χ2v) is 5.50. The van der Waals surface area contributed by atoms with E-state index in [1.54, 1.807) is 11.3 Å². The minimum Gasteiger partial charge on any atom is -0.360 e. The van der Waals surface area contributed by atoms with Crippen LogP contribution in [-0.2, 0) is 0 Å². The van der Waals surface area contributed by atoms with E-state index >= 15 is 0 Å². The normalized spacial score (nSPS) is 14.8. The lowest BCUT2D eigenvalue weighted by Crippen LogP contribution is -2.37. The number of thiazole rings is 1. The molecule has 2 heterocycles. The van der Waals surface area contributed by atoms with Gasteiger partial charge in [-0.05, 0) is 12.1 Å². The van der Waals surface area contributed by atoms with Gasteiger partial charge in [0.15, 0.2) is 11.1 Å². The average molecular weight is 275 g/mol. The van der Waals surface area contributed by atoms with Crippen molar-refractivity contribution in [1.82, 2.24) is 15.2 Å². The second-order valence-electron chi connectivity index (χ2n) is 4.47. The number of guanidine groups is 1. The van der Waals surface area contributed by atoms with Gasteiger partial charge in [0.1, 0.15) is 0 Å². The summed E-state index contributed by atoms with van der Waals surface area (Å²) in [5.74, 6) is 0.992. The summed E-state index contributed by atoms with van der Waals surface area (Å²) in [6.07, 6.45) is 0. The molecule has 1 aromatic heterocycles. The van der Waals surface area contributed by atoms with E-state index in [0.29, 0.717) is 0 Å². The Kier molecular flexibility index (Phi) is 3.50. The van der Waals surface area contributed by atoms with Gasteiger partial charge in [-0.2, -0.15) is 0 Å². The second kappa shape index (κ2) is 5.44. The lowest BCUT2D eigenvalue weighted by atomic mass is 10.3. The van der Waals surface area contributed by atoms with E-state index in [2.05, 4.69) is 38.6 Å². The van der Waals surface area contributed by atoms with Crippen molar-refractivity contribution >= 4 is 32.6 Å². The summed E-state index contributed by atoms with van der Waals surface area (Å²) in [4.78, 5) is 11.1. The van der Waals surface area contributed by atoms with Gasteiger partial charge in [0.25, 0.3) is 0 Å². The number of para-hydroxylation sites is 1. The molecule has 1 aromatic carbocycles. The van der Waals surface area contributed by atoms with Crippen molar-refractivity contribution in [3.05, 3.63) is 24.3 Å². The van der Waals surface area contributed by atoms with Crippen LogP contribution < -0.4 is 10.6 Å². The highest BCUT2D eigenvalue weighted by Crippen LogP contribution is 2.24. The van der Waals surface area contributed by atoms with Gasteiger partial charge in [0, 0.05) is 26.7 Å². The van der Waals surface area contributed by atoms with Gasteiger partial charge >= 0.3 is 0 Å². The highest BCUT2D eigenvalue weighted by molar-refractivity contribution is 7.22. The number of hydrogen-bond donors (Lipinski definition) is 2. The number of aromatic nitrogens is 1. The Morgan fingerprint density at radius 2 is 2.11 bits per heavy atom. The van der Waals surface area contributed by atoms with E-state index in [9.17, 15) is 0 Å². The van der Waals surface area contributed by atoms with Gasteiger partial charge < -0.3 is 15.5 Å². The molecule has 6 heteroatoms. The summed E-state index contributed by atoms with van der Waals surface area (Å²) in [6, 6.07) is 8.19. The third-order valence-corrected chi connectivity index (χ3v) is 4.03. The molecule has 19 heavy (non-hydrogen) atoms. The van der Waals surface area contributed by atoms with Gasteiger partial charge in [-0.15, -0.1) is 0 Å². The molecular formula is C13H17N5S. The molecule has 0 radical (unpaired) electrons. The zero-order valence-electron chi connectivity index (χ0n) is 10.9. The quantitative estimate of drug-likeness (QED) is 0.832. The van der Waals surface area contributed by atoms with Crippen molar-refractivity contribution in [3.63, 3.8) is 0 Å². The maximum Gasteiger partial charge on any atom is 0.193 e. The predicted octanol–water partition coefficient (Wildman–Crippen LogP) is 1.60. The van der Waals surface area contributed by atoms with Crippen molar-refractivity contribution in [2.24, 2.45) is 4.99 Å². The maximum atomic E-state index is 4.54. The molecule has 2 N–H and O–H groups in total. The van der Waals surface area contributed by atoms with Crippen molar-refractivity contribution in [3.8, 4) is 0 Å². The number of nitrogens with zero attached hydrogens (tertiary/aromatic N) is 3. The summed E-state index contributed by atoms with van der Waals surface area (Å²) in [5, 5.41) is 7.65. The van der Waals surface area contributed by atoms with Crippen LogP contribution in [0.5, 0.6) is 0 Å². The van der Waals surface area contributed by atoms with E-state index in [-0.39, 0.29) is 0 Å². The van der Waals surface area contributed by atoms with Crippen LogP contribution in [0.3, 0.4) is 0 Å². The molecule has 0 spiro atoms. The van der Waals surface area contributed by atoms with Crippen LogP contribution in [0, 0.1) is 0 Å². The van der Waals surface area contributed by atoms with Gasteiger partial charge in [0.2, 0.25) is 0 Å². The number of benzene rings is 1. The highest BCUT2D eigenvalue weighted by Gasteiger charge is 2.10. The molecule has 100 valence electrons. The molecule has 0 aliphatic carbocycles. The Labute approximate surface area is 116 Å². The largest absolute Gasteiger partial charge is 0.360 e. The summed E-state index contributed by atoms with van der Waals surface area (Å²) >= 11 is 1.69. The summed E-state index contributed by atoms with van der Waals surface area (Å²) < 4.78 is 1.22. The average Bonchev–Trinajstić information content (AvgIpc) is 3.00. The fourth-order valence-corrected chi connectivity index (χ4v) is 2.91. The summed E-state index contributed by atoms with van der Waals surface area (Å²) in [6.45, 7) is 3.59. The SMILES string of the molecule is CN1CCN=C1NCCNc1nc2ccccc2s1. The fourth-order valence-electron chi connectivity index (χ4n) is 2.01. The van der Waals surface area contributed by atoms with E-state index in [1.807, 2.05) is 18.2 Å². The monoisotopic (exact) mass is 275 g/mol. The fraction of sp³-hybridized carbons (Fsp3) is 0.385. The van der Waals surface area contributed by atoms with Crippen LogP contribution in [0.15, 0.2) is 29.3 Å². The standard InChI is InChI=1S/C13H17N5S/c1-18-9-8-15-12(18)14-6-7-16-13-17-10-4-2-3-5-11(10)19-13/h2-5H,6-9H2,1H3,(H,14,15)(H,16,17). The first-order chi connectivity index (χ1) is 9.33. The molecule has 0 fully saturated rings. The minimum atomic E-state index is 0.840. The molecule has 0 saturated carbocycles. The van der Waals surface area contributed by atoms with Crippen molar-refractivity contribution in [2.75, 3.05) is 38.5 Å². The van der Waals surface area contributed by atoms with Crippen molar-refractivity contribution in [2.45, 2.75) is 0 Å². The summed E-state index contributed by atoms with van der Waals surface area (Å²) in [7, 11) is 2.06. The Morgan fingerprint density at radius 1 is 1.26 bits per heavy atom. The predicted molar refractivity (Wildman–Crippen MR) is 81.0 cm³/mol. The molecule has 1 aliphatic rings. The van der Waals surface area contributed by atoms with Crippen molar-refractivity contribution in [1.29, 1.82) is 0 Å². The molecule has 1 aliphatic heterocycles. The molecule has 0 amide bonds. The first kappa shape index (κ1) is 12.2. The zero-order valence-corrected chi connectivity index (χ0v) is 11.7. The van der Waals surface area contributed by atoms with E-state index in [4.69, 9.17) is 0 Å². The van der Waals surface area contributed by atoms with Crippen LogP contribution in [-0.4, -0.2) is 49.1 Å². The zero-order chi connectivity index (χ0) is 13.1. The smallest absolute Gasteiger partial charge is 0.193 e. The highest BCUT2D eigenvalue weighted by atomic mass is 32.1. The van der Waals surface area contributed by atoms with Gasteiger partial charge in [-0.25, -0.2) is 4.98 Å². The number of nitrogens with one attached hydrogen (secondary N) is 2. The van der Waals surface area contributed by atoms with Crippen molar-refractivity contribution < 1.29 is 0 Å². The van der Waals surface area contributed by atoms with E-state index in [0.717, 1.165) is 42.8 Å². The maximum absolute atomic E-state index is 4.54. The van der Waals surface area contributed by atoms with Crippen LogP contribution in [0.2, 0.25) is 0 Å². The minimum absolute atomic E-state index is 0.840. The first-order valence-corrected chi connectivity index (χ1v) is 7.23. The Bertz CT molecular complexity index is 558. The Balaban J connectivity index is 1.49. The van der Waals surface area contributed by atoms with Crippen LogP contribution >= 0.6 is 11.3 Å². The Hall–Kier alpha value is -1.82. The first-order valence-electron chi connectivity index (χ1n) is 6.42. The Morgan fingerprint density at radius 3 is 2.89 bits per heavy atom. The van der Waals surface area contributed by atoms with Gasteiger partial charge in [-0.3, -0.25) is 4.99 Å². The molecule has 0 saturated heterocycles. The lowest BCUT2D eigenvalue weighted by molar-refractivity contribution is 0.535. The molecule has 0 unspecified atom stereocenters. The third kappa shape index (κ3) is 2.78. The molecule has 5 nitrogen and oxygen atoms in total. The summed E-state index contributed by atoms with van der Waals surface area (Å²) in [5.41, 5.74) is 1.06. The molecule has 3 rings (SSSR count).